The number of phenols is 1. The normalized spacial score (nSPS) is 23.0. The SMILES string of the molecule is CC(C)CCc1ccc(C2Oc3ccc(O)cc3C(O)C2C)cc1. The Morgan fingerprint density at radius 1 is 1.08 bits per heavy atom. The summed E-state index contributed by atoms with van der Waals surface area (Å²) in [4.78, 5) is 0. The van der Waals surface area contributed by atoms with Crippen LogP contribution >= 0.6 is 0 Å². The lowest BCUT2D eigenvalue weighted by Crippen LogP contribution is -2.27. The number of ether oxygens (including phenoxy) is 1. The Kier molecular flexibility index (Phi) is 4.81. The first-order valence-corrected chi connectivity index (χ1v) is 8.72. The van der Waals surface area contributed by atoms with Crippen molar-refractivity contribution in [3.8, 4) is 11.5 Å². The molecule has 0 saturated carbocycles. The third-order valence-electron chi connectivity index (χ3n) is 4.86. The van der Waals surface area contributed by atoms with Crippen LogP contribution in [-0.4, -0.2) is 10.2 Å². The number of fused-ring (bicyclic) bond motifs is 1. The topological polar surface area (TPSA) is 49.7 Å². The maximum atomic E-state index is 10.6. The first kappa shape index (κ1) is 16.8. The third-order valence-corrected chi connectivity index (χ3v) is 4.86. The Bertz CT molecular complexity index is 691. The zero-order valence-electron chi connectivity index (χ0n) is 14.6. The zero-order valence-corrected chi connectivity index (χ0v) is 14.6. The molecule has 0 bridgehead atoms. The Morgan fingerprint density at radius 3 is 2.46 bits per heavy atom. The predicted molar refractivity (Wildman–Crippen MR) is 95.2 cm³/mol. The smallest absolute Gasteiger partial charge is 0.129 e. The summed E-state index contributed by atoms with van der Waals surface area (Å²) in [6, 6.07) is 13.4. The average Bonchev–Trinajstić information content (AvgIpc) is 2.57. The van der Waals surface area contributed by atoms with E-state index in [-0.39, 0.29) is 17.8 Å². The molecule has 2 aromatic rings. The first-order chi connectivity index (χ1) is 11.5. The molecule has 0 saturated heterocycles. The highest BCUT2D eigenvalue weighted by Crippen LogP contribution is 2.45. The number of benzene rings is 2. The van der Waals surface area contributed by atoms with Crippen molar-refractivity contribution in [2.75, 3.05) is 0 Å². The van der Waals surface area contributed by atoms with Gasteiger partial charge in [-0.05, 0) is 48.1 Å². The fourth-order valence-corrected chi connectivity index (χ4v) is 3.27. The summed E-state index contributed by atoms with van der Waals surface area (Å²) in [6.07, 6.45) is 1.44. The first-order valence-electron chi connectivity index (χ1n) is 8.72. The molecular formula is C21H26O3. The second-order valence-corrected chi connectivity index (χ2v) is 7.24. The molecule has 3 nitrogen and oxygen atoms in total. The summed E-state index contributed by atoms with van der Waals surface area (Å²) < 4.78 is 6.12. The molecule has 3 unspecified atom stereocenters. The summed E-state index contributed by atoms with van der Waals surface area (Å²) >= 11 is 0. The van der Waals surface area contributed by atoms with Crippen molar-refractivity contribution in [1.82, 2.24) is 0 Å². The highest BCUT2D eigenvalue weighted by Gasteiger charge is 2.35. The van der Waals surface area contributed by atoms with Gasteiger partial charge in [0.15, 0.2) is 0 Å². The second-order valence-electron chi connectivity index (χ2n) is 7.24. The van der Waals surface area contributed by atoms with E-state index in [1.54, 1.807) is 18.2 Å². The Balaban J connectivity index is 1.81. The molecule has 2 N–H and O–H groups in total. The standard InChI is InChI=1S/C21H26O3/c1-13(2)4-5-15-6-8-16(9-7-15)21-14(3)20(23)18-12-17(22)10-11-19(18)24-21/h6-14,20-23H,4-5H2,1-3H3. The summed E-state index contributed by atoms with van der Waals surface area (Å²) in [5.41, 5.74) is 3.07. The monoisotopic (exact) mass is 326 g/mol. The maximum Gasteiger partial charge on any atom is 0.129 e. The molecule has 0 amide bonds. The molecule has 2 aromatic carbocycles. The summed E-state index contributed by atoms with van der Waals surface area (Å²) in [7, 11) is 0. The fourth-order valence-electron chi connectivity index (χ4n) is 3.27. The van der Waals surface area contributed by atoms with E-state index in [2.05, 4.69) is 38.1 Å². The number of aliphatic hydroxyl groups is 1. The van der Waals surface area contributed by atoms with E-state index in [1.807, 2.05) is 6.92 Å². The molecule has 0 aliphatic carbocycles. The van der Waals surface area contributed by atoms with Gasteiger partial charge in [0, 0.05) is 11.5 Å². The molecule has 0 radical (unpaired) electrons. The van der Waals surface area contributed by atoms with Gasteiger partial charge in [-0.3, -0.25) is 0 Å². The van der Waals surface area contributed by atoms with Crippen molar-refractivity contribution >= 4 is 0 Å². The van der Waals surface area contributed by atoms with Gasteiger partial charge >= 0.3 is 0 Å². The molecule has 128 valence electrons. The van der Waals surface area contributed by atoms with Crippen molar-refractivity contribution in [2.45, 2.75) is 45.8 Å². The molecule has 3 heteroatoms. The largest absolute Gasteiger partial charge is 0.508 e. The van der Waals surface area contributed by atoms with Crippen LogP contribution in [0.5, 0.6) is 11.5 Å². The van der Waals surface area contributed by atoms with E-state index in [0.29, 0.717) is 17.2 Å². The minimum absolute atomic E-state index is 0.0826. The van der Waals surface area contributed by atoms with Crippen LogP contribution in [0.4, 0.5) is 0 Å². The van der Waals surface area contributed by atoms with Gasteiger partial charge < -0.3 is 14.9 Å². The molecule has 1 heterocycles. The predicted octanol–water partition coefficient (Wildman–Crippen LogP) is 4.78. The molecule has 0 fully saturated rings. The van der Waals surface area contributed by atoms with Crippen LogP contribution in [0.2, 0.25) is 0 Å². The summed E-state index contributed by atoms with van der Waals surface area (Å²) in [6.45, 7) is 6.46. The minimum Gasteiger partial charge on any atom is -0.508 e. The highest BCUT2D eigenvalue weighted by atomic mass is 16.5. The molecule has 0 spiro atoms. The number of aryl methyl sites for hydroxylation is 1. The molecule has 24 heavy (non-hydrogen) atoms. The molecule has 1 aliphatic rings. The second kappa shape index (κ2) is 6.86. The van der Waals surface area contributed by atoms with E-state index in [1.165, 1.54) is 12.0 Å². The van der Waals surface area contributed by atoms with E-state index < -0.39 is 6.10 Å². The quantitative estimate of drug-likeness (QED) is 0.850. The van der Waals surface area contributed by atoms with Crippen LogP contribution in [0, 0.1) is 11.8 Å². The van der Waals surface area contributed by atoms with E-state index in [0.717, 1.165) is 12.0 Å². The van der Waals surface area contributed by atoms with Crippen molar-refractivity contribution in [3.05, 3.63) is 59.2 Å². The van der Waals surface area contributed by atoms with Crippen LogP contribution in [-0.2, 0) is 6.42 Å². The molecule has 3 atom stereocenters. The number of aliphatic hydroxyl groups excluding tert-OH is 1. The van der Waals surface area contributed by atoms with Crippen molar-refractivity contribution in [3.63, 3.8) is 0 Å². The van der Waals surface area contributed by atoms with Gasteiger partial charge in [-0.15, -0.1) is 0 Å². The highest BCUT2D eigenvalue weighted by molar-refractivity contribution is 5.44. The van der Waals surface area contributed by atoms with Crippen molar-refractivity contribution in [1.29, 1.82) is 0 Å². The lowest BCUT2D eigenvalue weighted by atomic mass is 9.85. The van der Waals surface area contributed by atoms with Crippen molar-refractivity contribution in [2.24, 2.45) is 11.8 Å². The maximum absolute atomic E-state index is 10.6. The Labute approximate surface area is 143 Å². The summed E-state index contributed by atoms with van der Waals surface area (Å²) in [5, 5.41) is 20.2. The van der Waals surface area contributed by atoms with Crippen LogP contribution in [0.3, 0.4) is 0 Å². The van der Waals surface area contributed by atoms with Gasteiger partial charge in [-0.1, -0.05) is 45.0 Å². The van der Waals surface area contributed by atoms with E-state index in [4.69, 9.17) is 4.74 Å². The molecule has 1 aliphatic heterocycles. The third kappa shape index (κ3) is 3.41. The average molecular weight is 326 g/mol. The van der Waals surface area contributed by atoms with Crippen LogP contribution < -0.4 is 4.74 Å². The number of hydrogen-bond acceptors (Lipinski definition) is 3. The van der Waals surface area contributed by atoms with Gasteiger partial charge in [-0.25, -0.2) is 0 Å². The van der Waals surface area contributed by atoms with Gasteiger partial charge in [0.2, 0.25) is 0 Å². The number of rotatable bonds is 4. The summed E-state index contributed by atoms with van der Waals surface area (Å²) in [5.74, 6) is 1.42. The van der Waals surface area contributed by atoms with E-state index >= 15 is 0 Å². The van der Waals surface area contributed by atoms with Crippen LogP contribution in [0.25, 0.3) is 0 Å². The fraction of sp³-hybridized carbons (Fsp3) is 0.429. The molecular weight excluding hydrogens is 300 g/mol. The molecule has 0 aromatic heterocycles. The van der Waals surface area contributed by atoms with Crippen molar-refractivity contribution < 1.29 is 14.9 Å². The number of aromatic hydroxyl groups is 1. The van der Waals surface area contributed by atoms with Crippen LogP contribution in [0.15, 0.2) is 42.5 Å². The minimum atomic E-state index is -0.647. The Hall–Kier alpha value is -2.00. The van der Waals surface area contributed by atoms with E-state index in [9.17, 15) is 10.2 Å². The Morgan fingerprint density at radius 2 is 1.79 bits per heavy atom. The van der Waals surface area contributed by atoms with Gasteiger partial charge in [0.1, 0.15) is 17.6 Å². The molecule has 3 rings (SSSR count). The van der Waals surface area contributed by atoms with Gasteiger partial charge in [0.05, 0.1) is 6.10 Å². The lowest BCUT2D eigenvalue weighted by Gasteiger charge is -2.35. The number of phenolic OH excluding ortho intramolecular Hbond substituents is 1. The number of hydrogen-bond donors (Lipinski definition) is 2. The van der Waals surface area contributed by atoms with Gasteiger partial charge in [-0.2, -0.15) is 0 Å². The van der Waals surface area contributed by atoms with Gasteiger partial charge in [0.25, 0.3) is 0 Å². The zero-order chi connectivity index (χ0) is 17.3. The lowest BCUT2D eigenvalue weighted by molar-refractivity contribution is 0.00743. The van der Waals surface area contributed by atoms with Crippen LogP contribution in [0.1, 0.15) is 56.1 Å².